The van der Waals surface area contributed by atoms with Crippen molar-refractivity contribution in [3.8, 4) is 17.6 Å². The molecule has 1 atom stereocenters. The molecule has 0 aliphatic carbocycles. The largest absolute Gasteiger partial charge is 0.490 e. The molecule has 29 heavy (non-hydrogen) atoms. The molecule has 2 rings (SSSR count). The number of carbonyl (C=O) groups is 1. The van der Waals surface area contributed by atoms with E-state index < -0.39 is 6.10 Å². The van der Waals surface area contributed by atoms with Gasteiger partial charge in [0.2, 0.25) is 0 Å². The minimum Gasteiger partial charge on any atom is -0.490 e. The average molecular weight is 392 g/mol. The summed E-state index contributed by atoms with van der Waals surface area (Å²) in [5.41, 5.74) is 2.94. The van der Waals surface area contributed by atoms with Crippen molar-refractivity contribution in [1.82, 2.24) is 0 Å². The van der Waals surface area contributed by atoms with E-state index in [0.717, 1.165) is 22.4 Å². The summed E-state index contributed by atoms with van der Waals surface area (Å²) in [7, 11) is 0. The van der Waals surface area contributed by atoms with Gasteiger partial charge in [-0.05, 0) is 62.2 Å². The number of allylic oxidation sites excluding steroid dienone is 1. The lowest BCUT2D eigenvalue weighted by atomic mass is 10.1. The zero-order chi connectivity index (χ0) is 20.9. The maximum absolute atomic E-state index is 12.0. The Labute approximate surface area is 173 Å². The summed E-state index contributed by atoms with van der Waals surface area (Å²) < 4.78 is 16.3. The Kier molecular flexibility index (Phi) is 9.54. The Morgan fingerprint density at radius 1 is 1.03 bits per heavy atom. The summed E-state index contributed by atoms with van der Waals surface area (Å²) in [4.78, 5) is 12.0. The molecule has 4 heteroatoms. The molecule has 0 aromatic heterocycles. The smallest absolute Gasteiger partial charge is 0.335 e. The Morgan fingerprint density at radius 3 is 2.41 bits per heavy atom. The molecular formula is C25H28O4. The normalized spacial score (nSPS) is 11.9. The molecule has 0 saturated carbocycles. The maximum Gasteiger partial charge on any atom is 0.335 e. The highest BCUT2D eigenvalue weighted by atomic mass is 16.6. The molecule has 0 aliphatic heterocycles. The minimum atomic E-state index is -0.583. The van der Waals surface area contributed by atoms with Crippen molar-refractivity contribution in [2.45, 2.75) is 33.3 Å². The first-order chi connectivity index (χ1) is 14.1. The van der Waals surface area contributed by atoms with Crippen LogP contribution in [0.4, 0.5) is 0 Å². The van der Waals surface area contributed by atoms with E-state index in [-0.39, 0.29) is 5.97 Å². The highest BCUT2D eigenvalue weighted by molar-refractivity contribution is 5.75. The fourth-order valence-electron chi connectivity index (χ4n) is 2.59. The number of ether oxygens (including phenoxy) is 3. The van der Waals surface area contributed by atoms with Gasteiger partial charge >= 0.3 is 5.97 Å². The van der Waals surface area contributed by atoms with Gasteiger partial charge in [-0.1, -0.05) is 42.2 Å². The second kappa shape index (κ2) is 12.4. The molecule has 0 radical (unpaired) electrons. The van der Waals surface area contributed by atoms with Crippen LogP contribution in [0, 0.1) is 11.8 Å². The van der Waals surface area contributed by atoms with E-state index in [9.17, 15) is 4.79 Å². The average Bonchev–Trinajstić information content (AvgIpc) is 2.74. The summed E-state index contributed by atoms with van der Waals surface area (Å²) in [5, 5.41) is 0. The van der Waals surface area contributed by atoms with Crippen molar-refractivity contribution in [1.29, 1.82) is 0 Å². The Balaban J connectivity index is 1.87. The number of benzene rings is 2. The molecule has 152 valence electrons. The van der Waals surface area contributed by atoms with Gasteiger partial charge in [-0.3, -0.25) is 0 Å². The SMILES string of the molecule is CCOC(=O)[C@H](Cc1ccc(OCC=C(C)C#Cc2ccccc2)cc1)OCC. The predicted octanol–water partition coefficient (Wildman–Crippen LogP) is 4.57. The molecule has 2 aromatic carbocycles. The molecule has 0 saturated heterocycles. The van der Waals surface area contributed by atoms with Crippen LogP contribution in [-0.2, 0) is 20.7 Å². The van der Waals surface area contributed by atoms with Crippen LogP contribution in [0.1, 0.15) is 31.9 Å². The zero-order valence-electron chi connectivity index (χ0n) is 17.3. The molecular weight excluding hydrogens is 364 g/mol. The van der Waals surface area contributed by atoms with Gasteiger partial charge in [0.05, 0.1) is 6.61 Å². The highest BCUT2D eigenvalue weighted by Crippen LogP contribution is 2.15. The summed E-state index contributed by atoms with van der Waals surface area (Å²) in [6, 6.07) is 17.5. The Morgan fingerprint density at radius 2 is 1.76 bits per heavy atom. The molecule has 0 fully saturated rings. The van der Waals surface area contributed by atoms with Crippen LogP contribution in [0.25, 0.3) is 0 Å². The first kappa shape index (κ1) is 22.3. The minimum absolute atomic E-state index is 0.327. The van der Waals surface area contributed by atoms with Gasteiger partial charge in [0, 0.05) is 18.6 Å². The predicted molar refractivity (Wildman–Crippen MR) is 115 cm³/mol. The van der Waals surface area contributed by atoms with Crippen molar-refractivity contribution in [3.63, 3.8) is 0 Å². The standard InChI is InChI=1S/C25H28O4/c1-4-27-24(25(26)28-5-2)19-22-13-15-23(16-14-22)29-18-17-20(3)11-12-21-9-7-6-8-10-21/h6-10,13-17,24H,4-5,18-19H2,1-3H3/t24-/m0/s1. The van der Waals surface area contributed by atoms with Gasteiger partial charge in [-0.25, -0.2) is 4.79 Å². The van der Waals surface area contributed by atoms with Gasteiger partial charge in [-0.15, -0.1) is 0 Å². The fourth-order valence-corrected chi connectivity index (χ4v) is 2.59. The van der Waals surface area contributed by atoms with Crippen molar-refractivity contribution >= 4 is 5.97 Å². The molecule has 2 aromatic rings. The van der Waals surface area contributed by atoms with Gasteiger partial charge in [0.15, 0.2) is 6.10 Å². The third kappa shape index (κ3) is 8.25. The van der Waals surface area contributed by atoms with Crippen molar-refractivity contribution in [2.75, 3.05) is 19.8 Å². The molecule has 0 bridgehead atoms. The van der Waals surface area contributed by atoms with Crippen molar-refractivity contribution in [3.05, 3.63) is 77.4 Å². The first-order valence-electron chi connectivity index (χ1n) is 9.86. The number of rotatable bonds is 9. The number of esters is 1. The van der Waals surface area contributed by atoms with E-state index in [1.807, 2.05) is 74.5 Å². The second-order valence-electron chi connectivity index (χ2n) is 6.36. The molecule has 0 aliphatic rings. The molecule has 4 nitrogen and oxygen atoms in total. The molecule has 0 heterocycles. The summed E-state index contributed by atoms with van der Waals surface area (Å²) >= 11 is 0. The number of hydrogen-bond donors (Lipinski definition) is 0. The monoisotopic (exact) mass is 392 g/mol. The van der Waals surface area contributed by atoms with E-state index in [0.29, 0.717) is 26.2 Å². The summed E-state index contributed by atoms with van der Waals surface area (Å²) in [6.07, 6.45) is 1.84. The lowest BCUT2D eigenvalue weighted by molar-refractivity contribution is -0.156. The van der Waals surface area contributed by atoms with Crippen LogP contribution in [0.5, 0.6) is 5.75 Å². The van der Waals surface area contributed by atoms with Crippen LogP contribution < -0.4 is 4.74 Å². The topological polar surface area (TPSA) is 44.8 Å². The van der Waals surface area contributed by atoms with Crippen molar-refractivity contribution < 1.29 is 19.0 Å². The van der Waals surface area contributed by atoms with E-state index in [1.165, 1.54) is 0 Å². The number of hydrogen-bond acceptors (Lipinski definition) is 4. The quantitative estimate of drug-likeness (QED) is 0.463. The van der Waals surface area contributed by atoms with Crippen LogP contribution in [0.15, 0.2) is 66.2 Å². The maximum atomic E-state index is 12.0. The van der Waals surface area contributed by atoms with E-state index in [2.05, 4.69) is 11.8 Å². The molecule has 0 amide bonds. The third-order valence-electron chi connectivity index (χ3n) is 4.08. The van der Waals surface area contributed by atoms with Crippen molar-refractivity contribution in [2.24, 2.45) is 0 Å². The lowest BCUT2D eigenvalue weighted by Gasteiger charge is -2.15. The molecule has 0 spiro atoms. The zero-order valence-corrected chi connectivity index (χ0v) is 17.3. The van der Waals surface area contributed by atoms with Crippen LogP contribution in [0.2, 0.25) is 0 Å². The first-order valence-corrected chi connectivity index (χ1v) is 9.86. The molecule has 0 unspecified atom stereocenters. The lowest BCUT2D eigenvalue weighted by Crippen LogP contribution is -2.28. The second-order valence-corrected chi connectivity index (χ2v) is 6.36. The van der Waals surface area contributed by atoms with Gasteiger partial charge in [0.25, 0.3) is 0 Å². The van der Waals surface area contributed by atoms with Crippen LogP contribution in [-0.4, -0.2) is 31.9 Å². The third-order valence-corrected chi connectivity index (χ3v) is 4.08. The molecule has 0 N–H and O–H groups in total. The highest BCUT2D eigenvalue weighted by Gasteiger charge is 2.20. The van der Waals surface area contributed by atoms with E-state index in [4.69, 9.17) is 14.2 Å². The Hall–Kier alpha value is -3.03. The van der Waals surface area contributed by atoms with Crippen LogP contribution >= 0.6 is 0 Å². The van der Waals surface area contributed by atoms with Gasteiger partial charge < -0.3 is 14.2 Å². The van der Waals surface area contributed by atoms with Gasteiger partial charge in [-0.2, -0.15) is 0 Å². The fraction of sp³-hybridized carbons (Fsp3) is 0.320. The number of carbonyl (C=O) groups excluding carboxylic acids is 1. The van der Waals surface area contributed by atoms with E-state index in [1.54, 1.807) is 6.92 Å². The summed E-state index contributed by atoms with van der Waals surface area (Å²) in [6.45, 7) is 6.87. The van der Waals surface area contributed by atoms with E-state index >= 15 is 0 Å². The summed E-state index contributed by atoms with van der Waals surface area (Å²) in [5.74, 6) is 6.68. The van der Waals surface area contributed by atoms with Crippen LogP contribution in [0.3, 0.4) is 0 Å². The Bertz CT molecular complexity index is 842. The van der Waals surface area contributed by atoms with Gasteiger partial charge in [0.1, 0.15) is 12.4 Å².